The van der Waals surface area contributed by atoms with Crippen molar-refractivity contribution in [1.29, 1.82) is 0 Å². The Balaban J connectivity index is 1.64. The Morgan fingerprint density at radius 1 is 0.938 bits per heavy atom. The van der Waals surface area contributed by atoms with Crippen LogP contribution in [0, 0.1) is 0 Å². The molecule has 0 radical (unpaired) electrons. The van der Waals surface area contributed by atoms with Crippen LogP contribution in [0.3, 0.4) is 0 Å². The molecule has 1 aliphatic heterocycles. The molecule has 3 aromatic carbocycles. The smallest absolute Gasteiger partial charge is 0.327 e. The molecule has 2 heterocycles. The monoisotopic (exact) mass is 450 g/mol. The van der Waals surface area contributed by atoms with E-state index in [1.54, 1.807) is 32.4 Å². The van der Waals surface area contributed by atoms with Crippen LogP contribution < -0.4 is 19.9 Å². The van der Waals surface area contributed by atoms with Crippen molar-refractivity contribution in [2.75, 3.05) is 20.0 Å². The van der Waals surface area contributed by atoms with Crippen LogP contribution in [0.4, 0.5) is 5.95 Å². The number of nitrogens with zero attached hydrogens (tertiary/aromatic N) is 3. The van der Waals surface area contributed by atoms with Gasteiger partial charge in [-0.2, -0.15) is 15.0 Å². The van der Waals surface area contributed by atoms with Crippen molar-refractivity contribution in [3.63, 3.8) is 0 Å². The topological polar surface area (TPSA) is 102 Å². The van der Waals surface area contributed by atoms with Crippen molar-refractivity contribution in [2.24, 2.45) is 0 Å². The van der Waals surface area contributed by atoms with Gasteiger partial charge >= 0.3 is 6.01 Å². The molecule has 0 unspecified atom stereocenters. The lowest BCUT2D eigenvalue weighted by Gasteiger charge is -2.20. The summed E-state index contributed by atoms with van der Waals surface area (Å²) in [5.74, 6) is 1.78. The van der Waals surface area contributed by atoms with E-state index in [0.717, 1.165) is 21.9 Å². The highest BCUT2D eigenvalue weighted by Crippen LogP contribution is 2.40. The van der Waals surface area contributed by atoms with Gasteiger partial charge in [0.05, 0.1) is 32.5 Å². The number of ether oxygens (including phenoxy) is 4. The van der Waals surface area contributed by atoms with Crippen molar-refractivity contribution in [3.8, 4) is 34.6 Å². The van der Waals surface area contributed by atoms with Gasteiger partial charge in [-0.15, -0.1) is 0 Å². The lowest BCUT2D eigenvalue weighted by atomic mass is 9.94. The van der Waals surface area contributed by atoms with Crippen molar-refractivity contribution in [1.82, 2.24) is 15.0 Å². The van der Waals surface area contributed by atoms with E-state index < -0.39 is 0 Å². The van der Waals surface area contributed by atoms with Crippen LogP contribution in [0.25, 0.3) is 22.2 Å². The van der Waals surface area contributed by atoms with Crippen LogP contribution in [-0.4, -0.2) is 29.2 Å². The Morgan fingerprint density at radius 2 is 1.78 bits per heavy atom. The van der Waals surface area contributed by atoms with Gasteiger partial charge in [0.1, 0.15) is 5.75 Å². The Bertz CT molecular complexity index is 1350. The average molecular weight is 451 g/mol. The molecule has 162 valence electrons. The van der Waals surface area contributed by atoms with Gasteiger partial charge in [0.2, 0.25) is 5.95 Å². The first-order valence-corrected chi connectivity index (χ1v) is 10.2. The number of hydrogen-bond acceptors (Lipinski definition) is 8. The zero-order valence-electron chi connectivity index (χ0n) is 17.4. The molecule has 9 heteroatoms. The van der Waals surface area contributed by atoms with Crippen molar-refractivity contribution >= 4 is 28.3 Å². The first-order chi connectivity index (χ1) is 15.6. The number of rotatable bonds is 5. The fourth-order valence-electron chi connectivity index (χ4n) is 3.84. The summed E-state index contributed by atoms with van der Waals surface area (Å²) in [7, 11) is 3.11. The second kappa shape index (κ2) is 8.14. The van der Waals surface area contributed by atoms with Crippen molar-refractivity contribution in [3.05, 3.63) is 58.6 Å². The molecule has 0 spiro atoms. The van der Waals surface area contributed by atoms with E-state index in [-0.39, 0.29) is 12.0 Å². The minimum Gasteiger partial charge on any atom is -0.497 e. The summed E-state index contributed by atoms with van der Waals surface area (Å²) in [6.45, 7) is 1.03. The van der Waals surface area contributed by atoms with E-state index in [1.807, 2.05) is 24.3 Å². The zero-order chi connectivity index (χ0) is 22.2. The van der Waals surface area contributed by atoms with Crippen LogP contribution in [0.15, 0.2) is 42.5 Å². The van der Waals surface area contributed by atoms with Gasteiger partial charge in [-0.1, -0.05) is 29.8 Å². The Labute approximate surface area is 188 Å². The highest BCUT2D eigenvalue weighted by molar-refractivity contribution is 6.35. The Kier molecular flexibility index (Phi) is 5.16. The maximum absolute atomic E-state index is 6.68. The molecule has 0 saturated heterocycles. The van der Waals surface area contributed by atoms with Gasteiger partial charge in [-0.25, -0.2) is 0 Å². The number of anilines is 1. The van der Waals surface area contributed by atoms with E-state index in [4.69, 9.17) is 36.3 Å². The summed E-state index contributed by atoms with van der Waals surface area (Å²) in [4.78, 5) is 13.0. The molecule has 5 rings (SSSR count). The van der Waals surface area contributed by atoms with Gasteiger partial charge in [-0.3, -0.25) is 0 Å². The fourth-order valence-corrected chi connectivity index (χ4v) is 4.16. The van der Waals surface area contributed by atoms with Gasteiger partial charge in [-0.05, 0) is 40.1 Å². The molecule has 0 fully saturated rings. The summed E-state index contributed by atoms with van der Waals surface area (Å²) in [6, 6.07) is 13.0. The van der Waals surface area contributed by atoms with Crippen LogP contribution in [0.2, 0.25) is 5.02 Å². The predicted molar refractivity (Wildman–Crippen MR) is 120 cm³/mol. The number of nitrogen functional groups attached to an aromatic ring is 1. The molecule has 4 aromatic rings. The van der Waals surface area contributed by atoms with Crippen molar-refractivity contribution < 1.29 is 18.9 Å². The lowest BCUT2D eigenvalue weighted by Crippen LogP contribution is -2.07. The van der Waals surface area contributed by atoms with E-state index >= 15 is 0 Å². The standard InChI is InChI=1S/C23H19ClN4O4/c1-29-14-6-7-17(30-2)18(9-14)32-23-27-21(26-22(25)28-23)20-15-5-3-4-12-10-31-11-13(19(12)15)8-16(20)24/h3-9H,10-11H2,1-2H3,(H2,25,26,27,28). The molecule has 0 amide bonds. The molecule has 0 atom stereocenters. The van der Waals surface area contributed by atoms with Crippen molar-refractivity contribution in [2.45, 2.75) is 13.2 Å². The third-order valence-corrected chi connectivity index (χ3v) is 5.52. The maximum Gasteiger partial charge on any atom is 0.327 e. The van der Waals surface area contributed by atoms with Gasteiger partial charge < -0.3 is 24.7 Å². The number of methoxy groups -OCH3 is 2. The van der Waals surface area contributed by atoms with E-state index in [1.165, 1.54) is 0 Å². The molecule has 1 aliphatic rings. The van der Waals surface area contributed by atoms with Crippen LogP contribution in [-0.2, 0) is 18.0 Å². The summed E-state index contributed by atoms with van der Waals surface area (Å²) < 4.78 is 22.2. The number of hydrogen-bond donors (Lipinski definition) is 1. The first kappa shape index (κ1) is 20.3. The van der Waals surface area contributed by atoms with Crippen LogP contribution >= 0.6 is 11.6 Å². The normalized spacial score (nSPS) is 12.6. The second-order valence-electron chi connectivity index (χ2n) is 7.14. The average Bonchev–Trinajstić information content (AvgIpc) is 2.79. The SMILES string of the molecule is COc1ccc(OC)c(Oc2nc(N)nc(-c3c(Cl)cc4c5c(cccc35)COC4)n2)c1. The largest absolute Gasteiger partial charge is 0.497 e. The lowest BCUT2D eigenvalue weighted by molar-refractivity contribution is 0.103. The first-order valence-electron chi connectivity index (χ1n) is 9.80. The summed E-state index contributed by atoms with van der Waals surface area (Å²) in [5, 5.41) is 2.50. The highest BCUT2D eigenvalue weighted by Gasteiger charge is 2.21. The summed E-state index contributed by atoms with van der Waals surface area (Å²) in [6.07, 6.45) is 0. The zero-order valence-corrected chi connectivity index (χ0v) is 18.1. The van der Waals surface area contributed by atoms with E-state index in [0.29, 0.717) is 46.9 Å². The van der Waals surface area contributed by atoms with E-state index in [2.05, 4.69) is 15.0 Å². The van der Waals surface area contributed by atoms with Crippen LogP contribution in [0.1, 0.15) is 11.1 Å². The molecular formula is C23H19ClN4O4. The fraction of sp³-hybridized carbons (Fsp3) is 0.174. The molecule has 32 heavy (non-hydrogen) atoms. The molecule has 1 aromatic heterocycles. The summed E-state index contributed by atoms with van der Waals surface area (Å²) >= 11 is 6.68. The quantitative estimate of drug-likeness (QED) is 0.464. The summed E-state index contributed by atoms with van der Waals surface area (Å²) in [5.41, 5.74) is 8.77. The van der Waals surface area contributed by atoms with Gasteiger partial charge in [0, 0.05) is 11.6 Å². The number of benzene rings is 3. The van der Waals surface area contributed by atoms with Gasteiger partial charge in [0.15, 0.2) is 17.3 Å². The number of aromatic nitrogens is 3. The van der Waals surface area contributed by atoms with Gasteiger partial charge in [0.25, 0.3) is 0 Å². The molecular weight excluding hydrogens is 432 g/mol. The third-order valence-electron chi connectivity index (χ3n) is 5.22. The Hall–Kier alpha value is -3.62. The van der Waals surface area contributed by atoms with E-state index in [9.17, 15) is 0 Å². The molecule has 2 N–H and O–H groups in total. The number of halogens is 1. The molecule has 8 nitrogen and oxygen atoms in total. The van der Waals surface area contributed by atoms with Crippen LogP contribution in [0.5, 0.6) is 23.3 Å². The Morgan fingerprint density at radius 3 is 2.59 bits per heavy atom. The molecule has 0 saturated carbocycles. The number of nitrogens with two attached hydrogens (primary N) is 1. The minimum absolute atomic E-state index is 0.00624. The molecule has 0 aliphatic carbocycles. The minimum atomic E-state index is 0.00624. The second-order valence-corrected chi connectivity index (χ2v) is 7.55. The maximum atomic E-state index is 6.68. The highest BCUT2D eigenvalue weighted by atomic mass is 35.5. The molecule has 0 bridgehead atoms. The predicted octanol–water partition coefficient (Wildman–Crippen LogP) is 4.77. The third kappa shape index (κ3) is 3.53.